The summed E-state index contributed by atoms with van der Waals surface area (Å²) in [6.45, 7) is 3.17. The first-order valence-corrected chi connectivity index (χ1v) is 6.99. The van der Waals surface area contributed by atoms with Crippen LogP contribution >= 0.6 is 15.9 Å². The van der Waals surface area contributed by atoms with Gasteiger partial charge >= 0.3 is 0 Å². The highest BCUT2D eigenvalue weighted by Gasteiger charge is 2.16. The number of ether oxygens (including phenoxy) is 1. The van der Waals surface area contributed by atoms with Crippen molar-refractivity contribution in [3.05, 3.63) is 35.9 Å². The van der Waals surface area contributed by atoms with Crippen LogP contribution in [-0.2, 0) is 11.2 Å². The number of halogens is 1. The van der Waals surface area contributed by atoms with Gasteiger partial charge in [0.1, 0.15) is 0 Å². The summed E-state index contributed by atoms with van der Waals surface area (Å²) in [6.07, 6.45) is 2.29. The van der Waals surface area contributed by atoms with Crippen molar-refractivity contribution in [2.45, 2.75) is 19.8 Å². The second kappa shape index (κ2) is 7.86. The van der Waals surface area contributed by atoms with Crippen molar-refractivity contribution < 1.29 is 4.74 Å². The molecule has 0 radical (unpaired) electrons. The Morgan fingerprint density at radius 2 is 1.94 bits per heavy atom. The van der Waals surface area contributed by atoms with E-state index in [1.165, 1.54) is 5.56 Å². The number of hydrogen-bond acceptors (Lipinski definition) is 1. The van der Waals surface area contributed by atoms with Gasteiger partial charge in [-0.3, -0.25) is 0 Å². The Morgan fingerprint density at radius 3 is 2.50 bits per heavy atom. The van der Waals surface area contributed by atoms with Crippen LogP contribution in [0.4, 0.5) is 0 Å². The Bertz CT molecular complexity index is 273. The molecule has 2 atom stereocenters. The first-order valence-electron chi connectivity index (χ1n) is 5.86. The molecule has 90 valence electrons. The molecular weight excluding hydrogens is 264 g/mol. The van der Waals surface area contributed by atoms with Crippen molar-refractivity contribution in [1.29, 1.82) is 0 Å². The van der Waals surface area contributed by atoms with E-state index in [0.29, 0.717) is 11.8 Å². The van der Waals surface area contributed by atoms with E-state index >= 15 is 0 Å². The van der Waals surface area contributed by atoms with E-state index < -0.39 is 0 Å². The maximum atomic E-state index is 5.14. The van der Waals surface area contributed by atoms with Crippen LogP contribution in [0, 0.1) is 11.8 Å². The zero-order valence-corrected chi connectivity index (χ0v) is 11.7. The molecule has 0 saturated carbocycles. The first kappa shape index (κ1) is 13.7. The third-order valence-electron chi connectivity index (χ3n) is 3.12. The third-order valence-corrected chi connectivity index (χ3v) is 3.95. The molecule has 0 aliphatic heterocycles. The maximum absolute atomic E-state index is 5.14. The van der Waals surface area contributed by atoms with Crippen LogP contribution in [-0.4, -0.2) is 19.0 Å². The smallest absolute Gasteiger partial charge is 0.0464 e. The average Bonchev–Trinajstić information content (AvgIpc) is 2.34. The summed E-state index contributed by atoms with van der Waals surface area (Å²) in [6, 6.07) is 10.7. The van der Waals surface area contributed by atoms with E-state index in [4.69, 9.17) is 4.74 Å². The Kier molecular flexibility index (Phi) is 6.74. The van der Waals surface area contributed by atoms with Gasteiger partial charge in [-0.15, -0.1) is 0 Å². The summed E-state index contributed by atoms with van der Waals surface area (Å²) in [5.74, 6) is 1.39. The van der Waals surface area contributed by atoms with E-state index in [9.17, 15) is 0 Å². The summed E-state index contributed by atoms with van der Waals surface area (Å²) in [5.41, 5.74) is 1.43. The summed E-state index contributed by atoms with van der Waals surface area (Å²) in [7, 11) is 1.77. The molecule has 0 aromatic heterocycles. The summed E-state index contributed by atoms with van der Waals surface area (Å²) >= 11 is 3.63. The van der Waals surface area contributed by atoms with E-state index in [2.05, 4.69) is 53.2 Å². The number of hydrogen-bond donors (Lipinski definition) is 0. The predicted octanol–water partition coefficient (Wildman–Crippen LogP) is 3.91. The summed E-state index contributed by atoms with van der Waals surface area (Å²) < 4.78 is 5.14. The second-order valence-electron chi connectivity index (χ2n) is 4.36. The van der Waals surface area contributed by atoms with Gasteiger partial charge in [0.2, 0.25) is 0 Å². The van der Waals surface area contributed by atoms with Crippen LogP contribution in [0.15, 0.2) is 30.3 Å². The van der Waals surface area contributed by atoms with Gasteiger partial charge in [0, 0.05) is 19.0 Å². The van der Waals surface area contributed by atoms with Gasteiger partial charge in [0.25, 0.3) is 0 Å². The monoisotopic (exact) mass is 284 g/mol. The van der Waals surface area contributed by atoms with Gasteiger partial charge in [-0.05, 0) is 30.2 Å². The second-order valence-corrected chi connectivity index (χ2v) is 5.01. The van der Waals surface area contributed by atoms with Crippen molar-refractivity contribution in [3.63, 3.8) is 0 Å². The largest absolute Gasteiger partial charge is 0.385 e. The number of alkyl halides is 1. The van der Waals surface area contributed by atoms with E-state index in [1.807, 2.05) is 0 Å². The molecule has 0 heterocycles. The molecule has 0 N–H and O–H groups in total. The SMILES string of the molecule is COCCC(C)C(CBr)Cc1ccccc1. The van der Waals surface area contributed by atoms with Gasteiger partial charge in [-0.2, -0.15) is 0 Å². The predicted molar refractivity (Wildman–Crippen MR) is 73.1 cm³/mol. The molecule has 0 aliphatic carbocycles. The minimum atomic E-state index is 0.692. The van der Waals surface area contributed by atoms with Crippen LogP contribution in [0.25, 0.3) is 0 Å². The van der Waals surface area contributed by atoms with Crippen molar-refractivity contribution >= 4 is 15.9 Å². The van der Waals surface area contributed by atoms with Crippen LogP contribution in [0.3, 0.4) is 0 Å². The van der Waals surface area contributed by atoms with Crippen molar-refractivity contribution in [3.8, 4) is 0 Å². The Morgan fingerprint density at radius 1 is 1.25 bits per heavy atom. The van der Waals surface area contributed by atoms with Crippen LogP contribution in [0.5, 0.6) is 0 Å². The van der Waals surface area contributed by atoms with E-state index in [0.717, 1.165) is 24.8 Å². The molecule has 16 heavy (non-hydrogen) atoms. The van der Waals surface area contributed by atoms with Crippen molar-refractivity contribution in [2.75, 3.05) is 19.0 Å². The average molecular weight is 285 g/mol. The molecule has 1 nitrogen and oxygen atoms in total. The third kappa shape index (κ3) is 4.67. The molecule has 0 fully saturated rings. The fourth-order valence-electron chi connectivity index (χ4n) is 1.86. The topological polar surface area (TPSA) is 9.23 Å². The van der Waals surface area contributed by atoms with E-state index in [1.54, 1.807) is 7.11 Å². The maximum Gasteiger partial charge on any atom is 0.0464 e. The van der Waals surface area contributed by atoms with E-state index in [-0.39, 0.29) is 0 Å². The Labute approximate surface area is 107 Å². The zero-order valence-electron chi connectivity index (χ0n) is 10.2. The van der Waals surface area contributed by atoms with Gasteiger partial charge in [0.05, 0.1) is 0 Å². The molecular formula is C14H21BrO. The van der Waals surface area contributed by atoms with Crippen molar-refractivity contribution in [2.24, 2.45) is 11.8 Å². The minimum Gasteiger partial charge on any atom is -0.385 e. The molecule has 1 aromatic carbocycles. The van der Waals surface area contributed by atoms with Crippen LogP contribution in [0.1, 0.15) is 18.9 Å². The van der Waals surface area contributed by atoms with Crippen LogP contribution < -0.4 is 0 Å². The lowest BCUT2D eigenvalue weighted by molar-refractivity contribution is 0.168. The number of methoxy groups -OCH3 is 1. The Balaban J connectivity index is 2.48. The fourth-order valence-corrected chi connectivity index (χ4v) is 2.73. The quantitative estimate of drug-likeness (QED) is 0.690. The van der Waals surface area contributed by atoms with Gasteiger partial charge < -0.3 is 4.74 Å². The highest BCUT2D eigenvalue weighted by Crippen LogP contribution is 2.22. The van der Waals surface area contributed by atoms with Gasteiger partial charge in [0.15, 0.2) is 0 Å². The standard InChI is InChI=1S/C14H21BrO/c1-12(8-9-16-2)14(11-15)10-13-6-4-3-5-7-13/h3-7,12,14H,8-11H2,1-2H3. The molecule has 0 spiro atoms. The van der Waals surface area contributed by atoms with Gasteiger partial charge in [-0.1, -0.05) is 53.2 Å². The lowest BCUT2D eigenvalue weighted by Gasteiger charge is -2.21. The summed E-state index contributed by atoms with van der Waals surface area (Å²) in [4.78, 5) is 0. The zero-order chi connectivity index (χ0) is 11.8. The molecule has 1 aromatic rings. The highest BCUT2D eigenvalue weighted by atomic mass is 79.9. The molecule has 1 rings (SSSR count). The number of benzene rings is 1. The molecule has 2 unspecified atom stereocenters. The Hall–Kier alpha value is -0.340. The molecule has 0 aliphatic rings. The highest BCUT2D eigenvalue weighted by molar-refractivity contribution is 9.09. The lowest BCUT2D eigenvalue weighted by atomic mass is 9.88. The van der Waals surface area contributed by atoms with Crippen LogP contribution in [0.2, 0.25) is 0 Å². The fraction of sp³-hybridized carbons (Fsp3) is 0.571. The molecule has 2 heteroatoms. The van der Waals surface area contributed by atoms with Crippen molar-refractivity contribution in [1.82, 2.24) is 0 Å². The lowest BCUT2D eigenvalue weighted by Crippen LogP contribution is -2.17. The normalized spacial score (nSPS) is 14.7. The minimum absolute atomic E-state index is 0.692. The molecule has 0 bridgehead atoms. The molecule has 0 amide bonds. The number of rotatable bonds is 7. The molecule has 0 saturated heterocycles. The van der Waals surface area contributed by atoms with Gasteiger partial charge in [-0.25, -0.2) is 0 Å². The summed E-state index contributed by atoms with van der Waals surface area (Å²) in [5, 5.41) is 1.06. The first-order chi connectivity index (χ1) is 7.77.